The van der Waals surface area contributed by atoms with Gasteiger partial charge in [0.05, 0.1) is 6.61 Å². The summed E-state index contributed by atoms with van der Waals surface area (Å²) in [4.78, 5) is 0. The Kier molecular flexibility index (Phi) is 4.24. The van der Waals surface area contributed by atoms with E-state index in [1.807, 2.05) is 0 Å². The zero-order valence-electron chi connectivity index (χ0n) is 7.01. The molecule has 1 aliphatic heterocycles. The first kappa shape index (κ1) is 8.75. The largest absolute Gasteiger partial charge is 0.377 e. The maximum atomic E-state index is 5.29. The van der Waals surface area contributed by atoms with Crippen LogP contribution in [0.15, 0.2) is 12.7 Å². The highest BCUT2D eigenvalue weighted by Gasteiger charge is 2.12. The van der Waals surface area contributed by atoms with E-state index in [9.17, 15) is 0 Å². The number of ether oxygens (including phenoxy) is 1. The molecule has 11 heavy (non-hydrogen) atoms. The van der Waals surface area contributed by atoms with Gasteiger partial charge in [-0.05, 0) is 25.8 Å². The third kappa shape index (κ3) is 3.54. The number of nitrogens with one attached hydrogen (secondary N) is 1. The lowest BCUT2D eigenvalue weighted by Crippen LogP contribution is -2.22. The Labute approximate surface area is 68.6 Å². The third-order valence-electron chi connectivity index (χ3n) is 2.01. The van der Waals surface area contributed by atoms with Crippen LogP contribution in [-0.4, -0.2) is 25.8 Å². The van der Waals surface area contributed by atoms with Crippen LogP contribution in [0.25, 0.3) is 0 Å². The first-order chi connectivity index (χ1) is 5.43. The van der Waals surface area contributed by atoms with Gasteiger partial charge in [-0.2, -0.15) is 0 Å². The molecule has 1 rings (SSSR count). The minimum Gasteiger partial charge on any atom is -0.377 e. The van der Waals surface area contributed by atoms with Crippen LogP contribution in [0.5, 0.6) is 0 Å². The molecule has 0 bridgehead atoms. The van der Waals surface area contributed by atoms with Crippen molar-refractivity contribution >= 4 is 0 Å². The van der Waals surface area contributed by atoms with Gasteiger partial charge in [-0.15, -0.1) is 6.58 Å². The molecule has 0 aromatic carbocycles. The van der Waals surface area contributed by atoms with Crippen molar-refractivity contribution in [3.63, 3.8) is 0 Å². The average molecular weight is 155 g/mol. The highest BCUT2D eigenvalue weighted by molar-refractivity contribution is 4.73. The molecule has 1 unspecified atom stereocenters. The van der Waals surface area contributed by atoms with Crippen LogP contribution in [0, 0.1) is 0 Å². The molecule has 1 saturated heterocycles. The summed E-state index contributed by atoms with van der Waals surface area (Å²) in [6, 6.07) is 0.708. The standard InChI is InChI=1S/C9H17NO/c1-2-7-11-8-5-9-4-3-6-10-9/h2,9-10H,1,3-8H2. The average Bonchev–Trinajstić information content (AvgIpc) is 2.50. The van der Waals surface area contributed by atoms with Crippen molar-refractivity contribution in [2.24, 2.45) is 0 Å². The van der Waals surface area contributed by atoms with Crippen molar-refractivity contribution in [3.8, 4) is 0 Å². The van der Waals surface area contributed by atoms with Crippen LogP contribution in [0.3, 0.4) is 0 Å². The Morgan fingerprint density at radius 3 is 3.18 bits per heavy atom. The third-order valence-corrected chi connectivity index (χ3v) is 2.01. The molecule has 2 heteroatoms. The first-order valence-corrected chi connectivity index (χ1v) is 4.35. The molecule has 0 aromatic rings. The fraction of sp³-hybridized carbons (Fsp3) is 0.778. The van der Waals surface area contributed by atoms with Crippen LogP contribution < -0.4 is 5.32 Å². The van der Waals surface area contributed by atoms with E-state index < -0.39 is 0 Å². The summed E-state index contributed by atoms with van der Waals surface area (Å²) >= 11 is 0. The lowest BCUT2D eigenvalue weighted by molar-refractivity contribution is 0.152. The molecule has 1 atom stereocenters. The van der Waals surface area contributed by atoms with Gasteiger partial charge in [0.25, 0.3) is 0 Å². The maximum absolute atomic E-state index is 5.29. The summed E-state index contributed by atoms with van der Waals surface area (Å²) in [5.41, 5.74) is 0. The Bertz CT molecular complexity index is 108. The summed E-state index contributed by atoms with van der Waals surface area (Å²) in [7, 11) is 0. The van der Waals surface area contributed by atoms with E-state index in [2.05, 4.69) is 11.9 Å². The van der Waals surface area contributed by atoms with Gasteiger partial charge in [-0.3, -0.25) is 0 Å². The van der Waals surface area contributed by atoms with Gasteiger partial charge in [-0.1, -0.05) is 6.08 Å². The zero-order valence-corrected chi connectivity index (χ0v) is 7.01. The first-order valence-electron chi connectivity index (χ1n) is 4.35. The van der Waals surface area contributed by atoms with E-state index in [-0.39, 0.29) is 0 Å². The summed E-state index contributed by atoms with van der Waals surface area (Å²) < 4.78 is 5.29. The second-order valence-corrected chi connectivity index (χ2v) is 2.95. The summed E-state index contributed by atoms with van der Waals surface area (Å²) in [5, 5.41) is 3.43. The Morgan fingerprint density at radius 1 is 1.64 bits per heavy atom. The smallest absolute Gasteiger partial charge is 0.0644 e. The van der Waals surface area contributed by atoms with Crippen molar-refractivity contribution in [3.05, 3.63) is 12.7 Å². The molecular formula is C9H17NO. The van der Waals surface area contributed by atoms with E-state index in [1.54, 1.807) is 6.08 Å². The monoisotopic (exact) mass is 155 g/mol. The minimum absolute atomic E-state index is 0.687. The summed E-state index contributed by atoms with van der Waals surface area (Å²) in [5.74, 6) is 0. The lowest BCUT2D eigenvalue weighted by Gasteiger charge is -2.08. The van der Waals surface area contributed by atoms with Crippen molar-refractivity contribution in [1.82, 2.24) is 5.32 Å². The molecule has 1 heterocycles. The van der Waals surface area contributed by atoms with Gasteiger partial charge in [0.2, 0.25) is 0 Å². The van der Waals surface area contributed by atoms with Crippen LogP contribution >= 0.6 is 0 Å². The molecule has 0 saturated carbocycles. The molecule has 1 N–H and O–H groups in total. The van der Waals surface area contributed by atoms with E-state index in [1.165, 1.54) is 19.4 Å². The van der Waals surface area contributed by atoms with Gasteiger partial charge in [-0.25, -0.2) is 0 Å². The van der Waals surface area contributed by atoms with E-state index in [4.69, 9.17) is 4.74 Å². The van der Waals surface area contributed by atoms with Gasteiger partial charge in [0.15, 0.2) is 0 Å². The van der Waals surface area contributed by atoms with Crippen molar-refractivity contribution in [2.45, 2.75) is 25.3 Å². The topological polar surface area (TPSA) is 21.3 Å². The highest BCUT2D eigenvalue weighted by Crippen LogP contribution is 2.08. The van der Waals surface area contributed by atoms with Gasteiger partial charge < -0.3 is 10.1 Å². The molecule has 0 aromatic heterocycles. The van der Waals surface area contributed by atoms with Crippen molar-refractivity contribution in [2.75, 3.05) is 19.8 Å². The number of hydrogen-bond acceptors (Lipinski definition) is 2. The fourth-order valence-electron chi connectivity index (χ4n) is 1.40. The molecule has 0 spiro atoms. The predicted molar refractivity (Wildman–Crippen MR) is 46.7 cm³/mol. The summed E-state index contributed by atoms with van der Waals surface area (Å²) in [6.45, 7) is 6.33. The van der Waals surface area contributed by atoms with Gasteiger partial charge in [0.1, 0.15) is 0 Å². The molecule has 2 nitrogen and oxygen atoms in total. The van der Waals surface area contributed by atoms with E-state index >= 15 is 0 Å². The van der Waals surface area contributed by atoms with Gasteiger partial charge in [0, 0.05) is 12.6 Å². The Balaban J connectivity index is 1.89. The minimum atomic E-state index is 0.687. The number of rotatable bonds is 5. The lowest BCUT2D eigenvalue weighted by atomic mass is 10.2. The molecule has 0 aliphatic carbocycles. The second-order valence-electron chi connectivity index (χ2n) is 2.95. The zero-order chi connectivity index (χ0) is 7.94. The predicted octanol–water partition coefficient (Wildman–Crippen LogP) is 1.33. The quantitative estimate of drug-likeness (QED) is 0.477. The van der Waals surface area contributed by atoms with Crippen LogP contribution in [0.1, 0.15) is 19.3 Å². The SMILES string of the molecule is C=CCOCCC1CCCN1. The van der Waals surface area contributed by atoms with Crippen LogP contribution in [0.4, 0.5) is 0 Å². The van der Waals surface area contributed by atoms with Crippen molar-refractivity contribution < 1.29 is 4.74 Å². The molecule has 1 aliphatic rings. The van der Waals surface area contributed by atoms with Crippen LogP contribution in [0.2, 0.25) is 0 Å². The molecular weight excluding hydrogens is 138 g/mol. The fourth-order valence-corrected chi connectivity index (χ4v) is 1.40. The van der Waals surface area contributed by atoms with Gasteiger partial charge >= 0.3 is 0 Å². The molecule has 1 fully saturated rings. The molecule has 0 amide bonds. The Morgan fingerprint density at radius 2 is 2.55 bits per heavy atom. The van der Waals surface area contributed by atoms with E-state index in [0.717, 1.165) is 13.0 Å². The van der Waals surface area contributed by atoms with E-state index in [0.29, 0.717) is 12.6 Å². The Hall–Kier alpha value is -0.340. The molecule has 64 valence electrons. The second kappa shape index (κ2) is 5.33. The normalized spacial score (nSPS) is 23.8. The maximum Gasteiger partial charge on any atom is 0.0644 e. The number of hydrogen-bond donors (Lipinski definition) is 1. The summed E-state index contributed by atoms with van der Waals surface area (Å²) in [6.07, 6.45) is 5.58. The van der Waals surface area contributed by atoms with Crippen molar-refractivity contribution in [1.29, 1.82) is 0 Å². The van der Waals surface area contributed by atoms with Crippen LogP contribution in [-0.2, 0) is 4.74 Å². The molecule has 0 radical (unpaired) electrons. The highest BCUT2D eigenvalue weighted by atomic mass is 16.5.